The molecular weight excluding hydrogens is 814 g/mol. The minimum atomic E-state index is -4.65. The SMILES string of the molecule is CCCCCCCC/C=C\CCCCCCCCCCCCCC(=O)OC[C@H](COP(=O)([O-])OCC[N+](C)(C)C)OC(=O)CCC/C=C\C/C=C\C/C=C\C/C=C\CC[C@H](O)CC. The molecule has 0 aromatic heterocycles. The van der Waals surface area contributed by atoms with E-state index in [1.54, 1.807) is 0 Å². The zero-order valence-electron chi connectivity index (χ0n) is 40.9. The highest BCUT2D eigenvalue weighted by molar-refractivity contribution is 7.45. The molecule has 3 atom stereocenters. The molecule has 0 rings (SSSR count). The van der Waals surface area contributed by atoms with Crippen LogP contribution in [0.4, 0.5) is 0 Å². The molecule has 0 radical (unpaired) electrons. The molecule has 0 aliphatic carbocycles. The molecule has 0 aliphatic heterocycles. The fourth-order valence-corrected chi connectivity index (χ4v) is 7.29. The normalized spacial score (nSPS) is 14.5. The fourth-order valence-electron chi connectivity index (χ4n) is 6.56. The van der Waals surface area contributed by atoms with Crippen molar-refractivity contribution in [3.63, 3.8) is 0 Å². The van der Waals surface area contributed by atoms with Crippen molar-refractivity contribution < 1.29 is 47.2 Å². The van der Waals surface area contributed by atoms with Gasteiger partial charge in [0.25, 0.3) is 7.82 Å². The number of unbranched alkanes of at least 4 members (excludes halogenated alkanes) is 18. The van der Waals surface area contributed by atoms with Crippen LogP contribution in [0.3, 0.4) is 0 Å². The third kappa shape index (κ3) is 47.5. The Bertz CT molecular complexity index is 1270. The Balaban J connectivity index is 4.35. The van der Waals surface area contributed by atoms with Gasteiger partial charge in [0.15, 0.2) is 6.10 Å². The number of aliphatic hydroxyl groups is 1. The van der Waals surface area contributed by atoms with Crippen LogP contribution in [0.5, 0.6) is 0 Å². The molecule has 0 amide bonds. The number of esters is 2. The van der Waals surface area contributed by atoms with Crippen LogP contribution in [-0.2, 0) is 32.7 Å². The van der Waals surface area contributed by atoms with Crippen LogP contribution >= 0.6 is 7.82 Å². The van der Waals surface area contributed by atoms with Gasteiger partial charge in [0, 0.05) is 12.8 Å². The maximum absolute atomic E-state index is 12.7. The highest BCUT2D eigenvalue weighted by Crippen LogP contribution is 2.38. The number of ether oxygens (including phenoxy) is 2. The molecule has 0 aromatic rings. The van der Waals surface area contributed by atoms with Crippen LogP contribution in [0.1, 0.15) is 200 Å². The van der Waals surface area contributed by atoms with Crippen molar-refractivity contribution in [3.8, 4) is 0 Å². The van der Waals surface area contributed by atoms with Gasteiger partial charge in [-0.05, 0) is 83.5 Å². The Kier molecular flexibility index (Phi) is 41.9. The van der Waals surface area contributed by atoms with Crippen molar-refractivity contribution in [2.24, 2.45) is 0 Å². The number of phosphoric ester groups is 1. The lowest BCUT2D eigenvalue weighted by atomic mass is 10.0. The Labute approximate surface area is 386 Å². The number of likely N-dealkylation sites (N-methyl/N-ethyl adjacent to an activating group) is 1. The summed E-state index contributed by atoms with van der Waals surface area (Å²) in [4.78, 5) is 37.7. The fraction of sp³-hybridized carbons (Fsp3) is 0.769. The summed E-state index contributed by atoms with van der Waals surface area (Å²) in [5, 5.41) is 9.58. The van der Waals surface area contributed by atoms with Gasteiger partial charge in [-0.15, -0.1) is 0 Å². The van der Waals surface area contributed by atoms with E-state index in [2.05, 4.69) is 61.6 Å². The molecular formula is C52H94NO9P. The average molecular weight is 908 g/mol. The van der Waals surface area contributed by atoms with Crippen molar-refractivity contribution in [1.82, 2.24) is 0 Å². The van der Waals surface area contributed by atoms with Crippen molar-refractivity contribution in [2.75, 3.05) is 47.5 Å². The molecule has 0 saturated heterocycles. The summed E-state index contributed by atoms with van der Waals surface area (Å²) >= 11 is 0. The number of quaternary nitrogens is 1. The van der Waals surface area contributed by atoms with Crippen LogP contribution < -0.4 is 4.89 Å². The standard InChI is InChI=1S/C52H94NO9P/c1-6-8-9-10-11-12-13-14-15-16-17-18-19-20-21-25-28-31-34-37-40-43-51(55)59-47-50(48-61-63(57,58)60-46-45-53(3,4)5)62-52(56)44-41-38-35-32-29-26-23-22-24-27-30-33-36-39-42-49(54)7-2/h14-15,23-24,26-27,32-33,35-36,49-50,54H,6-13,16-22,25,28-31,34,37-48H2,1-5H3/b15-14-,26-23-,27-24-,35-32-,36-33-/t49-,50-/m1/s1. The first kappa shape index (κ1) is 60.7. The number of rotatable bonds is 45. The summed E-state index contributed by atoms with van der Waals surface area (Å²) in [7, 11) is 1.11. The number of carbonyl (C=O) groups excluding carboxylic acids is 2. The van der Waals surface area contributed by atoms with E-state index in [0.29, 0.717) is 30.3 Å². The summed E-state index contributed by atoms with van der Waals surface area (Å²) in [6.07, 6.45) is 50.6. The maximum atomic E-state index is 12.7. The van der Waals surface area contributed by atoms with Gasteiger partial charge in [-0.1, -0.05) is 164 Å². The van der Waals surface area contributed by atoms with Gasteiger partial charge in [0.05, 0.1) is 33.9 Å². The molecule has 0 aliphatic rings. The van der Waals surface area contributed by atoms with E-state index in [4.69, 9.17) is 18.5 Å². The molecule has 0 heterocycles. The lowest BCUT2D eigenvalue weighted by Crippen LogP contribution is -2.37. The Morgan fingerprint density at radius 1 is 0.571 bits per heavy atom. The molecule has 366 valence electrons. The zero-order valence-corrected chi connectivity index (χ0v) is 41.8. The Morgan fingerprint density at radius 2 is 1.02 bits per heavy atom. The number of hydrogen-bond donors (Lipinski definition) is 1. The van der Waals surface area contributed by atoms with Crippen LogP contribution in [0, 0.1) is 0 Å². The van der Waals surface area contributed by atoms with Crippen LogP contribution in [0.25, 0.3) is 0 Å². The predicted octanol–water partition coefficient (Wildman–Crippen LogP) is 13.1. The summed E-state index contributed by atoms with van der Waals surface area (Å²) < 4.78 is 33.9. The van der Waals surface area contributed by atoms with E-state index in [1.165, 1.54) is 96.3 Å². The summed E-state index contributed by atoms with van der Waals surface area (Å²) in [6.45, 7) is 3.88. The molecule has 0 saturated carbocycles. The van der Waals surface area contributed by atoms with E-state index in [1.807, 2.05) is 34.1 Å². The van der Waals surface area contributed by atoms with E-state index in [-0.39, 0.29) is 32.2 Å². The second-order valence-electron chi connectivity index (χ2n) is 18.0. The van der Waals surface area contributed by atoms with Crippen LogP contribution in [0.15, 0.2) is 60.8 Å². The largest absolute Gasteiger partial charge is 0.756 e. The highest BCUT2D eigenvalue weighted by Gasteiger charge is 2.21. The maximum Gasteiger partial charge on any atom is 0.306 e. The number of allylic oxidation sites excluding steroid dienone is 10. The first-order valence-electron chi connectivity index (χ1n) is 25.1. The predicted molar refractivity (Wildman–Crippen MR) is 260 cm³/mol. The second-order valence-corrected chi connectivity index (χ2v) is 19.4. The number of aliphatic hydroxyl groups excluding tert-OH is 1. The first-order valence-corrected chi connectivity index (χ1v) is 26.5. The monoisotopic (exact) mass is 908 g/mol. The highest BCUT2D eigenvalue weighted by atomic mass is 31.2. The summed E-state index contributed by atoms with van der Waals surface area (Å²) in [6, 6.07) is 0. The molecule has 0 spiro atoms. The molecule has 0 fully saturated rings. The molecule has 1 N–H and O–H groups in total. The summed E-state index contributed by atoms with van der Waals surface area (Å²) in [5.74, 6) is -0.918. The van der Waals surface area contributed by atoms with Crippen LogP contribution in [0.2, 0.25) is 0 Å². The Morgan fingerprint density at radius 3 is 1.54 bits per heavy atom. The smallest absolute Gasteiger partial charge is 0.306 e. The minimum absolute atomic E-state index is 0.0492. The van der Waals surface area contributed by atoms with Gasteiger partial charge in [-0.3, -0.25) is 14.2 Å². The quantitative estimate of drug-likeness (QED) is 0.0208. The number of hydrogen-bond acceptors (Lipinski definition) is 9. The van der Waals surface area contributed by atoms with E-state index in [0.717, 1.165) is 57.8 Å². The number of phosphoric acid groups is 1. The molecule has 1 unspecified atom stereocenters. The molecule has 10 nitrogen and oxygen atoms in total. The van der Waals surface area contributed by atoms with Crippen LogP contribution in [-0.4, -0.2) is 81.2 Å². The van der Waals surface area contributed by atoms with E-state index < -0.39 is 32.5 Å². The van der Waals surface area contributed by atoms with Gasteiger partial charge in [0.1, 0.15) is 19.8 Å². The molecule has 0 bridgehead atoms. The average Bonchev–Trinajstić information content (AvgIpc) is 3.24. The zero-order chi connectivity index (χ0) is 46.5. The Hall–Kier alpha value is -2.33. The third-order valence-corrected chi connectivity index (χ3v) is 11.6. The second kappa shape index (κ2) is 43.6. The number of nitrogens with zero attached hydrogens (tertiary/aromatic N) is 1. The van der Waals surface area contributed by atoms with Crippen molar-refractivity contribution in [2.45, 2.75) is 212 Å². The van der Waals surface area contributed by atoms with E-state index in [9.17, 15) is 24.2 Å². The molecule has 0 aromatic carbocycles. The van der Waals surface area contributed by atoms with Gasteiger partial charge < -0.3 is 33.0 Å². The lowest BCUT2D eigenvalue weighted by molar-refractivity contribution is -0.870. The van der Waals surface area contributed by atoms with Crippen molar-refractivity contribution in [3.05, 3.63) is 60.8 Å². The topological polar surface area (TPSA) is 131 Å². The van der Waals surface area contributed by atoms with Crippen molar-refractivity contribution >= 4 is 19.8 Å². The van der Waals surface area contributed by atoms with Crippen molar-refractivity contribution in [1.29, 1.82) is 0 Å². The lowest BCUT2D eigenvalue weighted by Gasteiger charge is -2.28. The van der Waals surface area contributed by atoms with E-state index >= 15 is 0 Å². The summed E-state index contributed by atoms with van der Waals surface area (Å²) in [5.41, 5.74) is 0. The minimum Gasteiger partial charge on any atom is -0.756 e. The van der Waals surface area contributed by atoms with Gasteiger partial charge >= 0.3 is 11.9 Å². The van der Waals surface area contributed by atoms with Gasteiger partial charge in [0.2, 0.25) is 0 Å². The van der Waals surface area contributed by atoms with Gasteiger partial charge in [-0.25, -0.2) is 0 Å². The first-order chi connectivity index (χ1) is 30.4. The molecule has 11 heteroatoms. The molecule has 63 heavy (non-hydrogen) atoms. The van der Waals surface area contributed by atoms with Gasteiger partial charge in [-0.2, -0.15) is 0 Å². The number of carbonyl (C=O) groups is 2. The third-order valence-electron chi connectivity index (χ3n) is 10.7.